The van der Waals surface area contributed by atoms with Gasteiger partial charge in [0.05, 0.1) is 6.20 Å². The number of imidazole rings is 1. The van der Waals surface area contributed by atoms with Gasteiger partial charge in [0.2, 0.25) is 5.88 Å². The van der Waals surface area contributed by atoms with E-state index in [1.807, 2.05) is 4.98 Å². The predicted octanol–water partition coefficient (Wildman–Crippen LogP) is 1.47. The molecular weight excluding hydrogens is 307 g/mol. The maximum atomic E-state index is 13.1. The van der Waals surface area contributed by atoms with Gasteiger partial charge in [0.15, 0.2) is 0 Å². The van der Waals surface area contributed by atoms with Crippen LogP contribution >= 0.6 is 11.3 Å². The van der Waals surface area contributed by atoms with Crippen LogP contribution < -0.4 is 5.69 Å². The summed E-state index contributed by atoms with van der Waals surface area (Å²) in [6, 6.07) is 5.19. The van der Waals surface area contributed by atoms with E-state index >= 15 is 0 Å². The van der Waals surface area contributed by atoms with Crippen LogP contribution in [0.3, 0.4) is 0 Å². The van der Waals surface area contributed by atoms with E-state index in [9.17, 15) is 17.6 Å². The SMILES string of the molecule is O=c1[nH]c(O)cn1S(=O)(=O)c1cc2cc(F)ccc2s1. The first-order valence-electron chi connectivity index (χ1n) is 5.33. The summed E-state index contributed by atoms with van der Waals surface area (Å²) < 4.78 is 38.5. The van der Waals surface area contributed by atoms with Gasteiger partial charge in [-0.2, -0.15) is 12.4 Å². The zero-order valence-electron chi connectivity index (χ0n) is 9.70. The highest BCUT2D eigenvalue weighted by atomic mass is 32.2. The molecule has 0 amide bonds. The van der Waals surface area contributed by atoms with Crippen LogP contribution in [0.25, 0.3) is 10.1 Å². The molecule has 9 heteroatoms. The molecule has 0 spiro atoms. The highest BCUT2D eigenvalue weighted by Crippen LogP contribution is 2.30. The molecule has 0 atom stereocenters. The first kappa shape index (κ1) is 12.9. The summed E-state index contributed by atoms with van der Waals surface area (Å²) in [5.41, 5.74) is -0.967. The number of H-pyrrole nitrogens is 1. The van der Waals surface area contributed by atoms with Crippen LogP contribution in [0.1, 0.15) is 0 Å². The second-order valence-electron chi connectivity index (χ2n) is 3.99. The molecule has 20 heavy (non-hydrogen) atoms. The number of aromatic hydroxyl groups is 1. The van der Waals surface area contributed by atoms with Gasteiger partial charge >= 0.3 is 5.69 Å². The zero-order chi connectivity index (χ0) is 14.5. The quantitative estimate of drug-likeness (QED) is 0.749. The van der Waals surface area contributed by atoms with Crippen molar-refractivity contribution in [3.63, 3.8) is 0 Å². The normalized spacial score (nSPS) is 12.1. The van der Waals surface area contributed by atoms with Crippen molar-refractivity contribution in [1.29, 1.82) is 0 Å². The van der Waals surface area contributed by atoms with Gasteiger partial charge in [-0.3, -0.25) is 4.98 Å². The Hall–Kier alpha value is -2.13. The van der Waals surface area contributed by atoms with Crippen LogP contribution in [-0.2, 0) is 10.0 Å². The molecule has 0 fully saturated rings. The van der Waals surface area contributed by atoms with Crippen molar-refractivity contribution in [1.82, 2.24) is 8.96 Å². The first-order valence-corrected chi connectivity index (χ1v) is 7.59. The van der Waals surface area contributed by atoms with E-state index in [0.29, 0.717) is 14.1 Å². The summed E-state index contributed by atoms with van der Waals surface area (Å²) in [7, 11) is -4.11. The molecule has 2 N–H and O–H groups in total. The third kappa shape index (κ3) is 1.91. The Morgan fingerprint density at radius 2 is 2.05 bits per heavy atom. The lowest BCUT2D eigenvalue weighted by molar-refractivity contribution is 0.455. The summed E-state index contributed by atoms with van der Waals surface area (Å²) in [5.74, 6) is -1.03. The van der Waals surface area contributed by atoms with Crippen LogP contribution in [0.4, 0.5) is 4.39 Å². The Morgan fingerprint density at radius 1 is 1.30 bits per heavy atom. The summed E-state index contributed by atoms with van der Waals surface area (Å²) >= 11 is 0.916. The largest absolute Gasteiger partial charge is 0.493 e. The lowest BCUT2D eigenvalue weighted by atomic mass is 10.3. The minimum Gasteiger partial charge on any atom is -0.493 e. The number of nitrogens with zero attached hydrogens (tertiary/aromatic N) is 1. The van der Waals surface area contributed by atoms with Crippen LogP contribution in [0.2, 0.25) is 0 Å². The van der Waals surface area contributed by atoms with Gasteiger partial charge in [0.1, 0.15) is 10.0 Å². The van der Waals surface area contributed by atoms with Crippen molar-refractivity contribution >= 4 is 31.4 Å². The zero-order valence-corrected chi connectivity index (χ0v) is 11.3. The fraction of sp³-hybridized carbons (Fsp3) is 0. The molecule has 0 aliphatic carbocycles. The average molecular weight is 314 g/mol. The molecule has 2 heterocycles. The van der Waals surface area contributed by atoms with Crippen molar-refractivity contribution in [2.75, 3.05) is 0 Å². The molecule has 0 saturated heterocycles. The van der Waals surface area contributed by atoms with E-state index < -0.39 is 27.4 Å². The van der Waals surface area contributed by atoms with Gasteiger partial charge in [-0.05, 0) is 29.7 Å². The molecular formula is C11H7FN2O4S2. The smallest absolute Gasteiger partial charge is 0.342 e. The number of benzene rings is 1. The minimum atomic E-state index is -4.11. The number of nitrogens with one attached hydrogen (secondary N) is 1. The van der Waals surface area contributed by atoms with E-state index in [2.05, 4.69) is 0 Å². The molecule has 0 aliphatic rings. The van der Waals surface area contributed by atoms with Gasteiger partial charge in [0, 0.05) is 4.70 Å². The summed E-state index contributed by atoms with van der Waals surface area (Å²) in [6.45, 7) is 0. The van der Waals surface area contributed by atoms with E-state index in [0.717, 1.165) is 17.5 Å². The lowest BCUT2D eigenvalue weighted by Crippen LogP contribution is -2.23. The second-order valence-corrected chi connectivity index (χ2v) is 7.12. The fourth-order valence-electron chi connectivity index (χ4n) is 1.76. The number of aromatic nitrogens is 2. The summed E-state index contributed by atoms with van der Waals surface area (Å²) in [4.78, 5) is 13.4. The standard InChI is InChI=1S/C11H7FN2O4S2/c12-7-1-2-8-6(3-7)4-10(19-8)20(17,18)14-5-9(15)13-11(14)16/h1-5,15H,(H,13,16). The molecule has 3 rings (SSSR count). The number of halogens is 1. The van der Waals surface area contributed by atoms with Crippen molar-refractivity contribution < 1.29 is 17.9 Å². The topological polar surface area (TPSA) is 92.2 Å². The summed E-state index contributed by atoms with van der Waals surface area (Å²) in [5, 5.41) is 9.57. The lowest BCUT2D eigenvalue weighted by Gasteiger charge is -1.99. The van der Waals surface area contributed by atoms with Gasteiger partial charge in [-0.15, -0.1) is 11.3 Å². The van der Waals surface area contributed by atoms with E-state index in [-0.39, 0.29) is 4.21 Å². The second kappa shape index (κ2) is 4.18. The van der Waals surface area contributed by atoms with Gasteiger partial charge < -0.3 is 5.11 Å². The van der Waals surface area contributed by atoms with Crippen molar-refractivity contribution in [3.05, 3.63) is 46.8 Å². The highest BCUT2D eigenvalue weighted by Gasteiger charge is 2.23. The minimum absolute atomic E-state index is 0.112. The average Bonchev–Trinajstić information content (AvgIpc) is 2.92. The van der Waals surface area contributed by atoms with E-state index in [4.69, 9.17) is 5.11 Å². The highest BCUT2D eigenvalue weighted by molar-refractivity contribution is 7.92. The Labute approximate surface area is 115 Å². The molecule has 1 aromatic carbocycles. The number of hydrogen-bond acceptors (Lipinski definition) is 5. The maximum absolute atomic E-state index is 13.1. The number of thiophene rings is 1. The van der Waals surface area contributed by atoms with Gasteiger partial charge in [-0.25, -0.2) is 9.18 Å². The van der Waals surface area contributed by atoms with E-state index in [1.54, 1.807) is 0 Å². The summed E-state index contributed by atoms with van der Waals surface area (Å²) in [6.07, 6.45) is 0.780. The molecule has 0 bridgehead atoms. The van der Waals surface area contributed by atoms with Crippen molar-refractivity contribution in [2.45, 2.75) is 4.21 Å². The Bertz CT molecular complexity index is 968. The molecule has 0 aliphatic heterocycles. The monoisotopic (exact) mass is 314 g/mol. The molecule has 0 unspecified atom stereocenters. The Morgan fingerprint density at radius 3 is 2.70 bits per heavy atom. The number of rotatable bonds is 2. The van der Waals surface area contributed by atoms with Gasteiger partial charge in [-0.1, -0.05) is 0 Å². The number of fused-ring (bicyclic) bond motifs is 1. The fourth-order valence-corrected chi connectivity index (χ4v) is 4.44. The third-order valence-corrected chi connectivity index (χ3v) is 5.85. The number of hydrogen-bond donors (Lipinski definition) is 2. The van der Waals surface area contributed by atoms with Crippen LogP contribution in [-0.4, -0.2) is 22.5 Å². The predicted molar refractivity (Wildman–Crippen MR) is 71.1 cm³/mol. The Kier molecular flexibility index (Phi) is 2.69. The molecule has 6 nitrogen and oxygen atoms in total. The van der Waals surface area contributed by atoms with Crippen LogP contribution in [0.5, 0.6) is 5.88 Å². The van der Waals surface area contributed by atoms with E-state index in [1.165, 1.54) is 24.3 Å². The molecule has 0 saturated carbocycles. The van der Waals surface area contributed by atoms with Gasteiger partial charge in [0.25, 0.3) is 10.0 Å². The van der Waals surface area contributed by atoms with Crippen LogP contribution in [0, 0.1) is 5.82 Å². The molecule has 3 aromatic rings. The Balaban J connectivity index is 2.23. The maximum Gasteiger partial charge on any atom is 0.342 e. The van der Waals surface area contributed by atoms with Crippen molar-refractivity contribution in [3.8, 4) is 5.88 Å². The number of aromatic amines is 1. The third-order valence-electron chi connectivity index (χ3n) is 2.64. The molecule has 2 aromatic heterocycles. The van der Waals surface area contributed by atoms with Crippen LogP contribution in [0.15, 0.2) is 39.5 Å². The molecule has 0 radical (unpaired) electrons. The first-order chi connectivity index (χ1) is 9.38. The molecule has 104 valence electrons. The van der Waals surface area contributed by atoms with Crippen molar-refractivity contribution in [2.24, 2.45) is 0 Å².